The Balaban J connectivity index is 2.01. The molecule has 5 nitrogen and oxygen atoms in total. The van der Waals surface area contributed by atoms with E-state index < -0.39 is 21.0 Å². The van der Waals surface area contributed by atoms with Crippen LogP contribution in [0, 0.1) is 5.82 Å². The highest BCUT2D eigenvalue weighted by Crippen LogP contribution is 2.20. The van der Waals surface area contributed by atoms with E-state index in [-0.39, 0.29) is 10.7 Å². The Morgan fingerprint density at radius 2 is 1.90 bits per heavy atom. The molecule has 1 heterocycles. The summed E-state index contributed by atoms with van der Waals surface area (Å²) in [4.78, 5) is 17.6. The van der Waals surface area contributed by atoms with Crippen LogP contribution in [0.5, 0.6) is 0 Å². The van der Waals surface area contributed by atoms with E-state index in [1.54, 1.807) is 31.7 Å². The fraction of sp³-hybridized carbons (Fsp3) is 0.300. The maximum Gasteiger partial charge on any atom is 0.279 e. The second kappa shape index (κ2) is 8.81. The first kappa shape index (κ1) is 21.7. The lowest BCUT2D eigenvalue weighted by molar-refractivity contribution is 0.0997. The number of nitrogens with zero attached hydrogens (tertiary/aromatic N) is 2. The molecule has 0 radical (unpaired) electrons. The van der Waals surface area contributed by atoms with Crippen molar-refractivity contribution >= 4 is 49.1 Å². The highest BCUT2D eigenvalue weighted by Gasteiger charge is 2.19. The summed E-state index contributed by atoms with van der Waals surface area (Å²) in [7, 11) is -3.40. The second-order valence-corrected chi connectivity index (χ2v) is 11.2. The molecule has 0 aliphatic carbocycles. The monoisotopic (exact) mass is 452 g/mol. The summed E-state index contributed by atoms with van der Waals surface area (Å²) in [5.74, 6) is 0.0193. The molecule has 0 unspecified atom stereocenters. The third kappa shape index (κ3) is 4.62. The molecule has 0 bridgehead atoms. The molecule has 9 heteroatoms. The lowest BCUT2D eigenvalue weighted by atomic mass is 10.2. The van der Waals surface area contributed by atoms with Gasteiger partial charge in [0.1, 0.15) is 5.82 Å². The summed E-state index contributed by atoms with van der Waals surface area (Å²) in [6.45, 7) is 3.87. The molecule has 2 aromatic carbocycles. The second-order valence-electron chi connectivity index (χ2n) is 6.68. The highest BCUT2D eigenvalue weighted by atomic mass is 32.2. The van der Waals surface area contributed by atoms with Gasteiger partial charge in [0.25, 0.3) is 5.91 Å². The van der Waals surface area contributed by atoms with Gasteiger partial charge in [0.2, 0.25) is 0 Å². The molecule has 1 amide bonds. The van der Waals surface area contributed by atoms with Gasteiger partial charge in [0, 0.05) is 17.9 Å². The molecule has 0 saturated carbocycles. The van der Waals surface area contributed by atoms with Crippen LogP contribution in [-0.4, -0.2) is 36.2 Å². The van der Waals surface area contributed by atoms with E-state index in [0.717, 1.165) is 16.0 Å². The van der Waals surface area contributed by atoms with E-state index in [2.05, 4.69) is 4.99 Å². The molecular weight excluding hydrogens is 431 g/mol. The first-order chi connectivity index (χ1) is 13.7. The van der Waals surface area contributed by atoms with Crippen molar-refractivity contribution in [1.82, 2.24) is 4.57 Å². The van der Waals surface area contributed by atoms with Gasteiger partial charge in [-0.25, -0.2) is 12.8 Å². The number of thioether (sulfide) groups is 1. The SMILES string of the molecule is CSCCn1c(=NC(=O)c2ccc(S(=O)(=O)C(C)C)cc2)sc2cc(F)ccc21. The van der Waals surface area contributed by atoms with E-state index in [1.165, 1.54) is 47.7 Å². The van der Waals surface area contributed by atoms with Crippen molar-refractivity contribution < 1.29 is 17.6 Å². The molecule has 0 spiro atoms. The van der Waals surface area contributed by atoms with Gasteiger partial charge in [0.15, 0.2) is 14.6 Å². The van der Waals surface area contributed by atoms with Gasteiger partial charge in [0.05, 0.1) is 20.4 Å². The van der Waals surface area contributed by atoms with Gasteiger partial charge in [-0.05, 0) is 62.6 Å². The number of carbonyl (C=O) groups excluding carboxylic acids is 1. The van der Waals surface area contributed by atoms with Crippen LogP contribution < -0.4 is 4.80 Å². The summed E-state index contributed by atoms with van der Waals surface area (Å²) in [5.41, 5.74) is 1.13. The van der Waals surface area contributed by atoms with Crippen molar-refractivity contribution in [2.45, 2.75) is 30.5 Å². The molecule has 0 fully saturated rings. The molecular formula is C20H21FN2O3S3. The number of aromatic nitrogens is 1. The maximum atomic E-state index is 13.6. The van der Waals surface area contributed by atoms with Crippen LogP contribution in [0.3, 0.4) is 0 Å². The quantitative estimate of drug-likeness (QED) is 0.564. The fourth-order valence-corrected chi connectivity index (χ4v) is 5.25. The Labute approximate surface area is 177 Å². The van der Waals surface area contributed by atoms with Gasteiger partial charge in [-0.2, -0.15) is 16.8 Å². The number of sulfone groups is 1. The van der Waals surface area contributed by atoms with Crippen molar-refractivity contribution in [3.05, 3.63) is 58.6 Å². The average molecular weight is 453 g/mol. The van der Waals surface area contributed by atoms with Crippen molar-refractivity contribution in [2.24, 2.45) is 4.99 Å². The Morgan fingerprint density at radius 3 is 2.52 bits per heavy atom. The maximum absolute atomic E-state index is 13.6. The Kier molecular flexibility index (Phi) is 6.60. The zero-order chi connectivity index (χ0) is 21.2. The minimum Gasteiger partial charge on any atom is -0.316 e. The minimum atomic E-state index is -3.40. The van der Waals surface area contributed by atoms with E-state index in [0.29, 0.717) is 16.9 Å². The number of benzene rings is 2. The molecule has 0 atom stereocenters. The molecule has 154 valence electrons. The van der Waals surface area contributed by atoms with E-state index in [1.807, 2.05) is 10.8 Å². The van der Waals surface area contributed by atoms with E-state index in [9.17, 15) is 17.6 Å². The van der Waals surface area contributed by atoms with Gasteiger partial charge < -0.3 is 4.57 Å². The van der Waals surface area contributed by atoms with Gasteiger partial charge in [-0.15, -0.1) is 0 Å². The van der Waals surface area contributed by atoms with Crippen molar-refractivity contribution in [3.8, 4) is 0 Å². The number of fused-ring (bicyclic) bond motifs is 1. The predicted octanol–water partition coefficient (Wildman–Crippen LogP) is 4.13. The van der Waals surface area contributed by atoms with Crippen molar-refractivity contribution in [1.29, 1.82) is 0 Å². The Bertz CT molecular complexity index is 1210. The van der Waals surface area contributed by atoms with Gasteiger partial charge in [-0.3, -0.25) is 4.79 Å². The Morgan fingerprint density at radius 1 is 1.21 bits per heavy atom. The van der Waals surface area contributed by atoms with Crippen LogP contribution in [0.2, 0.25) is 0 Å². The van der Waals surface area contributed by atoms with E-state index in [4.69, 9.17) is 0 Å². The number of carbonyl (C=O) groups is 1. The number of hydrogen-bond donors (Lipinski definition) is 0. The molecule has 3 aromatic rings. The standard InChI is InChI=1S/C20H21FN2O3S3/c1-13(2)29(25,26)16-7-4-14(5-8-16)19(24)22-20-23(10-11-27-3)17-9-6-15(21)12-18(17)28-20/h4-9,12-13H,10-11H2,1-3H3. The molecule has 0 N–H and O–H groups in total. The lowest BCUT2D eigenvalue weighted by Crippen LogP contribution is -2.18. The third-order valence-corrected chi connectivity index (χ3v) is 8.21. The lowest BCUT2D eigenvalue weighted by Gasteiger charge is -2.07. The number of amides is 1. The van der Waals surface area contributed by atoms with Crippen LogP contribution in [-0.2, 0) is 16.4 Å². The summed E-state index contributed by atoms with van der Waals surface area (Å²) < 4.78 is 40.7. The van der Waals surface area contributed by atoms with Gasteiger partial charge in [-0.1, -0.05) is 11.3 Å². The number of halogens is 1. The third-order valence-electron chi connectivity index (χ3n) is 4.41. The molecule has 1 aromatic heterocycles. The number of hydrogen-bond acceptors (Lipinski definition) is 5. The van der Waals surface area contributed by atoms with Gasteiger partial charge >= 0.3 is 0 Å². The molecule has 0 aliphatic rings. The van der Waals surface area contributed by atoms with Crippen molar-refractivity contribution in [2.75, 3.05) is 12.0 Å². The molecule has 3 rings (SSSR count). The largest absolute Gasteiger partial charge is 0.316 e. The summed E-state index contributed by atoms with van der Waals surface area (Å²) in [5, 5.41) is -0.539. The zero-order valence-corrected chi connectivity index (χ0v) is 18.7. The number of rotatable bonds is 6. The summed E-state index contributed by atoms with van der Waals surface area (Å²) in [6.07, 6.45) is 1.99. The fourth-order valence-electron chi connectivity index (χ4n) is 2.74. The van der Waals surface area contributed by atoms with Crippen LogP contribution >= 0.6 is 23.1 Å². The Hall–Kier alpha value is -1.97. The van der Waals surface area contributed by atoms with Crippen molar-refractivity contribution in [3.63, 3.8) is 0 Å². The minimum absolute atomic E-state index is 0.177. The summed E-state index contributed by atoms with van der Waals surface area (Å²) in [6, 6.07) is 10.3. The highest BCUT2D eigenvalue weighted by molar-refractivity contribution is 7.98. The smallest absolute Gasteiger partial charge is 0.279 e. The number of thiazole rings is 1. The topological polar surface area (TPSA) is 68.5 Å². The van der Waals surface area contributed by atoms with Crippen LogP contribution in [0.1, 0.15) is 24.2 Å². The van der Waals surface area contributed by atoms with Crippen LogP contribution in [0.25, 0.3) is 10.2 Å². The van der Waals surface area contributed by atoms with Crippen LogP contribution in [0.15, 0.2) is 52.4 Å². The predicted molar refractivity (Wildman–Crippen MR) is 117 cm³/mol. The molecule has 0 aliphatic heterocycles. The summed E-state index contributed by atoms with van der Waals surface area (Å²) >= 11 is 2.92. The zero-order valence-electron chi connectivity index (χ0n) is 16.3. The van der Waals surface area contributed by atoms with Crippen LogP contribution in [0.4, 0.5) is 4.39 Å². The first-order valence-corrected chi connectivity index (χ1v) is 12.7. The van der Waals surface area contributed by atoms with E-state index >= 15 is 0 Å². The molecule has 29 heavy (non-hydrogen) atoms. The average Bonchev–Trinajstić information content (AvgIpc) is 3.02. The normalized spacial score (nSPS) is 12.8. The molecule has 0 saturated heterocycles. The first-order valence-electron chi connectivity index (χ1n) is 8.95. The number of aryl methyl sites for hydroxylation is 1.